The molecule has 0 saturated carbocycles. The third kappa shape index (κ3) is 0.790. The van der Waals surface area contributed by atoms with Gasteiger partial charge in [0.25, 0.3) is 0 Å². The number of cyclic esters (lactones) is 1. The monoisotopic (exact) mass is 153 g/mol. The van der Waals surface area contributed by atoms with Crippen LogP contribution in [-0.4, -0.2) is 11.0 Å². The Morgan fingerprint density at radius 2 is 2.45 bits per heavy atom. The minimum absolute atomic E-state index is 0.0208. The number of ether oxygens (including phenoxy) is 1. The summed E-state index contributed by atoms with van der Waals surface area (Å²) < 4.78 is 17.3. The van der Waals surface area contributed by atoms with Gasteiger partial charge in [-0.05, 0) is 6.07 Å². The van der Waals surface area contributed by atoms with Gasteiger partial charge in [-0.3, -0.25) is 0 Å². The highest BCUT2D eigenvalue weighted by Gasteiger charge is 2.25. The van der Waals surface area contributed by atoms with Crippen LogP contribution in [0.4, 0.5) is 4.39 Å². The van der Waals surface area contributed by atoms with Crippen LogP contribution < -0.4 is 0 Å². The molecule has 0 N–H and O–H groups in total. The highest BCUT2D eigenvalue weighted by Crippen LogP contribution is 2.20. The van der Waals surface area contributed by atoms with Crippen molar-refractivity contribution in [2.45, 2.75) is 6.61 Å². The van der Waals surface area contributed by atoms with E-state index < -0.39 is 11.9 Å². The molecule has 56 valence electrons. The number of carbonyl (C=O) groups is 1. The van der Waals surface area contributed by atoms with Gasteiger partial charge in [0.05, 0.1) is 0 Å². The van der Waals surface area contributed by atoms with Crippen molar-refractivity contribution in [2.75, 3.05) is 0 Å². The second-order valence-corrected chi connectivity index (χ2v) is 2.21. The molecule has 11 heavy (non-hydrogen) atoms. The molecule has 0 unspecified atom stereocenters. The van der Waals surface area contributed by atoms with Gasteiger partial charge in [0.1, 0.15) is 12.2 Å². The van der Waals surface area contributed by atoms with Gasteiger partial charge < -0.3 is 4.74 Å². The molecule has 0 aromatic carbocycles. The summed E-state index contributed by atoms with van der Waals surface area (Å²) in [6, 6.07) is 1.57. The Hall–Kier alpha value is -1.45. The van der Waals surface area contributed by atoms with Crippen molar-refractivity contribution in [1.82, 2.24) is 4.98 Å². The van der Waals surface area contributed by atoms with Crippen LogP contribution in [0.2, 0.25) is 0 Å². The molecule has 2 rings (SSSR count). The molecule has 0 fully saturated rings. The van der Waals surface area contributed by atoms with E-state index in [1.807, 2.05) is 0 Å². The Kier molecular flexibility index (Phi) is 1.15. The summed E-state index contributed by atoms with van der Waals surface area (Å²) in [6.45, 7) is 0.160. The van der Waals surface area contributed by atoms with E-state index >= 15 is 0 Å². The fourth-order valence-corrected chi connectivity index (χ4v) is 1.02. The summed E-state index contributed by atoms with van der Waals surface area (Å²) in [5, 5.41) is 0. The number of pyridine rings is 1. The second kappa shape index (κ2) is 2.02. The summed E-state index contributed by atoms with van der Waals surface area (Å²) in [4.78, 5) is 14.1. The van der Waals surface area contributed by atoms with Crippen LogP contribution in [0.3, 0.4) is 0 Å². The molecule has 1 aliphatic rings. The Morgan fingerprint density at radius 1 is 1.64 bits per heavy atom. The van der Waals surface area contributed by atoms with Crippen LogP contribution in [0.1, 0.15) is 15.9 Å². The second-order valence-electron chi connectivity index (χ2n) is 2.21. The minimum Gasteiger partial charge on any atom is -0.457 e. The number of halogens is 1. The van der Waals surface area contributed by atoms with E-state index in [4.69, 9.17) is 0 Å². The van der Waals surface area contributed by atoms with Gasteiger partial charge in [-0.2, -0.15) is 4.39 Å². The van der Waals surface area contributed by atoms with Gasteiger partial charge >= 0.3 is 5.97 Å². The largest absolute Gasteiger partial charge is 0.457 e. The number of rotatable bonds is 0. The highest BCUT2D eigenvalue weighted by molar-refractivity contribution is 5.93. The standard InChI is InChI=1S/C7H4FNO2/c8-6-5-4(1-2-9-6)3-11-7(5)10/h1-2H,3H2. The summed E-state index contributed by atoms with van der Waals surface area (Å²) in [7, 11) is 0. The Morgan fingerprint density at radius 3 is 3.18 bits per heavy atom. The average molecular weight is 153 g/mol. The molecule has 2 heterocycles. The smallest absolute Gasteiger partial charge is 0.343 e. The number of carbonyl (C=O) groups excluding carboxylic acids is 1. The van der Waals surface area contributed by atoms with Gasteiger partial charge in [0, 0.05) is 11.8 Å². The van der Waals surface area contributed by atoms with Crippen molar-refractivity contribution in [3.8, 4) is 0 Å². The molecule has 0 saturated heterocycles. The maximum atomic E-state index is 12.7. The van der Waals surface area contributed by atoms with E-state index in [9.17, 15) is 9.18 Å². The molecule has 0 radical (unpaired) electrons. The molecule has 3 nitrogen and oxygen atoms in total. The maximum absolute atomic E-state index is 12.7. The Balaban J connectivity index is 2.68. The lowest BCUT2D eigenvalue weighted by molar-refractivity contribution is 0.0531. The fraction of sp³-hybridized carbons (Fsp3) is 0.143. The molecule has 0 aliphatic carbocycles. The molecule has 0 amide bonds. The summed E-state index contributed by atoms with van der Waals surface area (Å²) in [6.07, 6.45) is 1.32. The maximum Gasteiger partial charge on any atom is 0.343 e. The number of esters is 1. The van der Waals surface area contributed by atoms with Gasteiger partial charge in [0.2, 0.25) is 5.95 Å². The van der Waals surface area contributed by atoms with Crippen molar-refractivity contribution < 1.29 is 13.9 Å². The zero-order chi connectivity index (χ0) is 7.84. The van der Waals surface area contributed by atoms with Gasteiger partial charge in [0.15, 0.2) is 0 Å². The zero-order valence-electron chi connectivity index (χ0n) is 5.50. The van der Waals surface area contributed by atoms with Crippen molar-refractivity contribution in [1.29, 1.82) is 0 Å². The highest BCUT2D eigenvalue weighted by atomic mass is 19.1. The molecule has 0 atom stereocenters. The predicted molar refractivity (Wildman–Crippen MR) is 33.3 cm³/mol. The molecule has 1 aromatic heterocycles. The topological polar surface area (TPSA) is 39.2 Å². The molecule has 1 aromatic rings. The third-order valence-corrected chi connectivity index (χ3v) is 1.55. The number of hydrogen-bond donors (Lipinski definition) is 0. The molecule has 0 spiro atoms. The first-order valence-electron chi connectivity index (χ1n) is 3.09. The fourth-order valence-electron chi connectivity index (χ4n) is 1.02. The first-order valence-corrected chi connectivity index (χ1v) is 3.09. The van der Waals surface area contributed by atoms with Crippen LogP contribution in [0, 0.1) is 5.95 Å². The molecule has 0 bridgehead atoms. The molecular formula is C7H4FNO2. The van der Waals surface area contributed by atoms with Crippen molar-refractivity contribution in [2.24, 2.45) is 0 Å². The van der Waals surface area contributed by atoms with E-state index in [-0.39, 0.29) is 12.2 Å². The van der Waals surface area contributed by atoms with Gasteiger partial charge in [-0.25, -0.2) is 9.78 Å². The van der Waals surface area contributed by atoms with E-state index in [1.165, 1.54) is 6.20 Å². The first-order chi connectivity index (χ1) is 5.29. The average Bonchev–Trinajstić information content (AvgIpc) is 2.34. The van der Waals surface area contributed by atoms with Gasteiger partial charge in [-0.1, -0.05) is 0 Å². The summed E-state index contributed by atoms with van der Waals surface area (Å²) >= 11 is 0. The van der Waals surface area contributed by atoms with E-state index in [0.717, 1.165) is 0 Å². The normalized spacial score (nSPS) is 14.5. The number of hydrogen-bond acceptors (Lipinski definition) is 3. The van der Waals surface area contributed by atoms with Crippen molar-refractivity contribution >= 4 is 5.97 Å². The Labute approximate surface area is 61.8 Å². The van der Waals surface area contributed by atoms with E-state index in [1.54, 1.807) is 6.07 Å². The van der Waals surface area contributed by atoms with E-state index in [0.29, 0.717) is 5.56 Å². The predicted octanol–water partition coefficient (Wildman–Crippen LogP) is 0.891. The number of fused-ring (bicyclic) bond motifs is 1. The number of aromatic nitrogens is 1. The Bertz CT molecular complexity index is 324. The van der Waals surface area contributed by atoms with Crippen LogP contribution in [0.25, 0.3) is 0 Å². The SMILES string of the molecule is O=C1OCc2ccnc(F)c21. The molecule has 1 aliphatic heterocycles. The van der Waals surface area contributed by atoms with Gasteiger partial charge in [-0.15, -0.1) is 0 Å². The number of nitrogens with zero attached hydrogens (tertiary/aromatic N) is 1. The van der Waals surface area contributed by atoms with Crippen molar-refractivity contribution in [3.05, 3.63) is 29.3 Å². The first kappa shape index (κ1) is 6.27. The summed E-state index contributed by atoms with van der Waals surface area (Å²) in [5.74, 6) is -1.37. The zero-order valence-corrected chi connectivity index (χ0v) is 5.50. The molecular weight excluding hydrogens is 149 g/mol. The lowest BCUT2D eigenvalue weighted by Gasteiger charge is -1.91. The quantitative estimate of drug-likeness (QED) is 0.410. The molecule has 4 heteroatoms. The van der Waals surface area contributed by atoms with Crippen LogP contribution in [0.5, 0.6) is 0 Å². The van der Waals surface area contributed by atoms with Crippen LogP contribution in [0.15, 0.2) is 12.3 Å². The van der Waals surface area contributed by atoms with Crippen molar-refractivity contribution in [3.63, 3.8) is 0 Å². The summed E-state index contributed by atoms with van der Waals surface area (Å²) in [5.41, 5.74) is 0.551. The minimum atomic E-state index is -0.745. The third-order valence-electron chi connectivity index (χ3n) is 1.55. The van der Waals surface area contributed by atoms with Crippen LogP contribution in [-0.2, 0) is 11.3 Å². The van der Waals surface area contributed by atoms with E-state index in [2.05, 4.69) is 9.72 Å². The lowest BCUT2D eigenvalue weighted by atomic mass is 10.2. The lowest BCUT2D eigenvalue weighted by Crippen LogP contribution is -1.99. The van der Waals surface area contributed by atoms with Crippen LogP contribution >= 0.6 is 0 Å².